The van der Waals surface area contributed by atoms with E-state index in [0.29, 0.717) is 17.9 Å². The van der Waals surface area contributed by atoms with E-state index < -0.39 is 0 Å². The molecule has 3 atom stereocenters. The summed E-state index contributed by atoms with van der Waals surface area (Å²) in [5.74, 6) is 2.24. The van der Waals surface area contributed by atoms with Crippen LogP contribution in [0, 0.1) is 25.7 Å². The van der Waals surface area contributed by atoms with Crippen LogP contribution in [0.1, 0.15) is 36.6 Å². The fourth-order valence-corrected chi connectivity index (χ4v) is 3.10. The summed E-state index contributed by atoms with van der Waals surface area (Å²) < 4.78 is 5.46. The number of pyridine rings is 1. The maximum Gasteiger partial charge on any atom is 0.128 e. The highest BCUT2D eigenvalue weighted by molar-refractivity contribution is 5.41. The van der Waals surface area contributed by atoms with Crippen molar-refractivity contribution < 1.29 is 4.74 Å². The van der Waals surface area contributed by atoms with Gasteiger partial charge in [-0.1, -0.05) is 6.92 Å². The van der Waals surface area contributed by atoms with Gasteiger partial charge >= 0.3 is 0 Å². The molecule has 1 saturated carbocycles. The van der Waals surface area contributed by atoms with Crippen LogP contribution in [0.4, 0.5) is 0 Å². The summed E-state index contributed by atoms with van der Waals surface area (Å²) in [5.41, 5.74) is 9.56. The van der Waals surface area contributed by atoms with Crippen molar-refractivity contribution in [3.63, 3.8) is 0 Å². The van der Waals surface area contributed by atoms with Crippen molar-refractivity contribution in [2.75, 3.05) is 7.11 Å². The molecule has 1 aliphatic rings. The lowest BCUT2D eigenvalue weighted by molar-refractivity contribution is 0.382. The van der Waals surface area contributed by atoms with E-state index in [1.165, 1.54) is 17.7 Å². The number of hydrogen-bond donors (Lipinski definition) is 1. The number of hydrogen-bond acceptors (Lipinski definition) is 3. The Morgan fingerprint density at radius 1 is 1.39 bits per heavy atom. The largest absolute Gasteiger partial charge is 0.496 e. The third-order valence-electron chi connectivity index (χ3n) is 4.50. The summed E-state index contributed by atoms with van der Waals surface area (Å²) in [6.45, 7) is 6.41. The fourth-order valence-electron chi connectivity index (χ4n) is 3.10. The smallest absolute Gasteiger partial charge is 0.128 e. The monoisotopic (exact) mass is 248 g/mol. The Balaban J connectivity index is 2.20. The first-order valence-electron chi connectivity index (χ1n) is 6.79. The first kappa shape index (κ1) is 13.3. The van der Waals surface area contributed by atoms with E-state index in [1.54, 1.807) is 7.11 Å². The van der Waals surface area contributed by atoms with Crippen molar-refractivity contribution in [2.45, 2.75) is 46.1 Å². The topological polar surface area (TPSA) is 48.1 Å². The van der Waals surface area contributed by atoms with Crippen LogP contribution in [-0.4, -0.2) is 18.1 Å². The summed E-state index contributed by atoms with van der Waals surface area (Å²) in [5, 5.41) is 0. The van der Waals surface area contributed by atoms with E-state index in [4.69, 9.17) is 10.5 Å². The van der Waals surface area contributed by atoms with Crippen LogP contribution >= 0.6 is 0 Å². The predicted octanol–water partition coefficient (Wildman–Crippen LogP) is 2.62. The molecule has 100 valence electrons. The molecule has 1 aromatic rings. The molecule has 0 spiro atoms. The van der Waals surface area contributed by atoms with Gasteiger partial charge in [0.05, 0.1) is 7.11 Å². The van der Waals surface area contributed by atoms with Crippen molar-refractivity contribution in [1.29, 1.82) is 0 Å². The molecule has 18 heavy (non-hydrogen) atoms. The number of nitrogens with zero attached hydrogens (tertiary/aromatic N) is 1. The summed E-state index contributed by atoms with van der Waals surface area (Å²) in [6, 6.07) is 0.364. The molecule has 1 aromatic heterocycles. The second-order valence-corrected chi connectivity index (χ2v) is 5.61. The van der Waals surface area contributed by atoms with E-state index in [-0.39, 0.29) is 0 Å². The van der Waals surface area contributed by atoms with Gasteiger partial charge in [0, 0.05) is 29.1 Å². The third-order valence-corrected chi connectivity index (χ3v) is 4.50. The maximum absolute atomic E-state index is 6.10. The number of ether oxygens (including phenoxy) is 1. The van der Waals surface area contributed by atoms with Gasteiger partial charge in [0.2, 0.25) is 0 Å². The van der Waals surface area contributed by atoms with Crippen LogP contribution in [0.2, 0.25) is 0 Å². The van der Waals surface area contributed by atoms with Gasteiger partial charge in [-0.25, -0.2) is 0 Å². The van der Waals surface area contributed by atoms with Gasteiger partial charge in [0.1, 0.15) is 5.75 Å². The Labute approximate surface area is 110 Å². The normalized spacial score (nSPS) is 27.5. The van der Waals surface area contributed by atoms with E-state index in [9.17, 15) is 0 Å². The average Bonchev–Trinajstić information content (AvgIpc) is 2.65. The van der Waals surface area contributed by atoms with Crippen molar-refractivity contribution in [3.05, 3.63) is 23.0 Å². The lowest BCUT2D eigenvalue weighted by Gasteiger charge is -2.19. The summed E-state index contributed by atoms with van der Waals surface area (Å²) >= 11 is 0. The van der Waals surface area contributed by atoms with E-state index in [0.717, 1.165) is 24.2 Å². The van der Waals surface area contributed by atoms with Gasteiger partial charge in [0.15, 0.2) is 0 Å². The molecule has 2 N–H and O–H groups in total. The lowest BCUT2D eigenvalue weighted by atomic mass is 9.90. The third kappa shape index (κ3) is 2.37. The highest BCUT2D eigenvalue weighted by atomic mass is 16.5. The molecule has 3 unspecified atom stereocenters. The first-order chi connectivity index (χ1) is 8.54. The van der Waals surface area contributed by atoms with E-state index in [2.05, 4.69) is 18.8 Å². The summed E-state index contributed by atoms with van der Waals surface area (Å²) in [7, 11) is 1.73. The van der Waals surface area contributed by atoms with Crippen LogP contribution in [-0.2, 0) is 6.42 Å². The van der Waals surface area contributed by atoms with Gasteiger partial charge in [-0.05, 0) is 44.9 Å². The van der Waals surface area contributed by atoms with Crippen molar-refractivity contribution in [2.24, 2.45) is 17.6 Å². The lowest BCUT2D eigenvalue weighted by Crippen LogP contribution is -2.26. The molecule has 0 radical (unpaired) electrons. The minimum Gasteiger partial charge on any atom is -0.496 e. The molecular formula is C15H24N2O. The molecule has 1 fully saturated rings. The van der Waals surface area contributed by atoms with Gasteiger partial charge in [-0.15, -0.1) is 0 Å². The molecule has 1 aliphatic carbocycles. The van der Waals surface area contributed by atoms with Crippen LogP contribution in [0.15, 0.2) is 6.20 Å². The highest BCUT2D eigenvalue weighted by Gasteiger charge is 2.31. The molecule has 1 heterocycles. The molecular weight excluding hydrogens is 224 g/mol. The van der Waals surface area contributed by atoms with Gasteiger partial charge < -0.3 is 10.5 Å². The summed E-state index contributed by atoms with van der Waals surface area (Å²) in [4.78, 5) is 4.59. The zero-order chi connectivity index (χ0) is 13.3. The van der Waals surface area contributed by atoms with Gasteiger partial charge in [-0.3, -0.25) is 4.98 Å². The van der Waals surface area contributed by atoms with Gasteiger partial charge in [0.25, 0.3) is 0 Å². The molecule has 0 amide bonds. The molecule has 0 aliphatic heterocycles. The Morgan fingerprint density at radius 2 is 2.11 bits per heavy atom. The maximum atomic E-state index is 6.10. The molecule has 3 heteroatoms. The first-order valence-corrected chi connectivity index (χ1v) is 6.79. The zero-order valence-electron chi connectivity index (χ0n) is 11.9. The minimum absolute atomic E-state index is 0.364. The number of aromatic nitrogens is 1. The van der Waals surface area contributed by atoms with Crippen LogP contribution in [0.3, 0.4) is 0 Å². The number of methoxy groups -OCH3 is 1. The average molecular weight is 248 g/mol. The molecule has 0 aromatic carbocycles. The van der Waals surface area contributed by atoms with Crippen molar-refractivity contribution >= 4 is 0 Å². The molecule has 0 bridgehead atoms. The van der Waals surface area contributed by atoms with Crippen molar-refractivity contribution in [3.8, 4) is 5.75 Å². The second kappa shape index (κ2) is 5.27. The van der Waals surface area contributed by atoms with Gasteiger partial charge in [-0.2, -0.15) is 0 Å². The number of nitrogens with two attached hydrogens (primary N) is 1. The Morgan fingerprint density at radius 3 is 2.67 bits per heavy atom. The fraction of sp³-hybridized carbons (Fsp3) is 0.667. The highest BCUT2D eigenvalue weighted by Crippen LogP contribution is 2.34. The number of rotatable bonds is 3. The SMILES string of the molecule is COc1c(C)cnc(CC2CCC(N)C2C)c1C. The summed E-state index contributed by atoms with van der Waals surface area (Å²) in [6.07, 6.45) is 5.31. The van der Waals surface area contributed by atoms with E-state index >= 15 is 0 Å². The quantitative estimate of drug-likeness (QED) is 0.894. The minimum atomic E-state index is 0.364. The second-order valence-electron chi connectivity index (χ2n) is 5.61. The number of aryl methyl sites for hydroxylation is 1. The zero-order valence-corrected chi connectivity index (χ0v) is 11.9. The predicted molar refractivity (Wildman–Crippen MR) is 73.8 cm³/mol. The molecule has 3 nitrogen and oxygen atoms in total. The van der Waals surface area contributed by atoms with Crippen LogP contribution in [0.5, 0.6) is 5.75 Å². The van der Waals surface area contributed by atoms with Crippen LogP contribution < -0.4 is 10.5 Å². The Hall–Kier alpha value is -1.09. The van der Waals surface area contributed by atoms with Crippen LogP contribution in [0.25, 0.3) is 0 Å². The van der Waals surface area contributed by atoms with Crippen molar-refractivity contribution in [1.82, 2.24) is 4.98 Å². The van der Waals surface area contributed by atoms with E-state index in [1.807, 2.05) is 13.1 Å². The Bertz CT molecular complexity index is 431. The molecule has 2 rings (SSSR count). The molecule has 0 saturated heterocycles. The standard InChI is InChI=1S/C15H24N2O/c1-9-8-17-14(11(3)15(9)18-4)7-12-5-6-13(16)10(12)2/h8,10,12-13H,5-7,16H2,1-4H3. The Kier molecular flexibility index (Phi) is 3.91.